The molecule has 2 aliphatic carbocycles. The van der Waals surface area contributed by atoms with E-state index in [-0.39, 0.29) is 12.5 Å². The molecule has 2 fully saturated rings. The fourth-order valence-electron chi connectivity index (χ4n) is 5.86. The third kappa shape index (κ3) is 5.19. The number of rotatable bonds is 7. The van der Waals surface area contributed by atoms with Crippen molar-refractivity contribution >= 4 is 11.8 Å². The standard InChI is InChI=1S/C26H34FNO3/c1-2-3-18-4-6-19(7-5-18)20-8-10-21(11-9-20)22-12-13-24(23(27)16-22)31-17-28-25(29)14-15-26(28)30/h12-16,18-21H,2-11,17H2,1H3. The zero-order chi connectivity index (χ0) is 21.8. The Morgan fingerprint density at radius 3 is 2.13 bits per heavy atom. The van der Waals surface area contributed by atoms with Gasteiger partial charge in [-0.15, -0.1) is 0 Å². The van der Waals surface area contributed by atoms with E-state index in [2.05, 4.69) is 6.92 Å². The van der Waals surface area contributed by atoms with Crippen LogP contribution in [0.1, 0.15) is 82.6 Å². The maximum Gasteiger partial charge on any atom is 0.256 e. The first-order valence-electron chi connectivity index (χ1n) is 12.0. The average Bonchev–Trinajstić information content (AvgIpc) is 3.11. The number of hydrogen-bond acceptors (Lipinski definition) is 3. The summed E-state index contributed by atoms with van der Waals surface area (Å²) in [5.74, 6) is 1.88. The summed E-state index contributed by atoms with van der Waals surface area (Å²) in [6.07, 6.45) is 15.5. The molecule has 1 aromatic carbocycles. The number of carbonyl (C=O) groups is 2. The summed E-state index contributed by atoms with van der Waals surface area (Å²) in [6.45, 7) is 2.02. The van der Waals surface area contributed by atoms with Crippen LogP contribution >= 0.6 is 0 Å². The molecule has 0 radical (unpaired) electrons. The first-order valence-corrected chi connectivity index (χ1v) is 12.0. The number of benzene rings is 1. The molecule has 5 heteroatoms. The summed E-state index contributed by atoms with van der Waals surface area (Å²) in [4.78, 5) is 24.1. The number of imide groups is 1. The minimum Gasteiger partial charge on any atom is -0.469 e. The molecule has 168 valence electrons. The molecule has 3 aliphatic rings. The lowest BCUT2D eigenvalue weighted by molar-refractivity contribution is -0.140. The zero-order valence-electron chi connectivity index (χ0n) is 18.5. The van der Waals surface area contributed by atoms with Gasteiger partial charge in [0.25, 0.3) is 11.8 Å². The topological polar surface area (TPSA) is 46.6 Å². The van der Waals surface area contributed by atoms with Crippen molar-refractivity contribution in [1.82, 2.24) is 4.90 Å². The Hall–Kier alpha value is -2.17. The van der Waals surface area contributed by atoms with Crippen molar-refractivity contribution in [2.45, 2.75) is 77.0 Å². The van der Waals surface area contributed by atoms with Gasteiger partial charge in [0.15, 0.2) is 18.3 Å². The van der Waals surface area contributed by atoms with Gasteiger partial charge in [0.2, 0.25) is 0 Å². The Balaban J connectivity index is 1.27. The quantitative estimate of drug-likeness (QED) is 0.504. The smallest absolute Gasteiger partial charge is 0.256 e. The number of nitrogens with zero attached hydrogens (tertiary/aromatic N) is 1. The van der Waals surface area contributed by atoms with Crippen molar-refractivity contribution in [2.24, 2.45) is 17.8 Å². The second-order valence-corrected chi connectivity index (χ2v) is 9.58. The number of amides is 2. The summed E-state index contributed by atoms with van der Waals surface area (Å²) in [5, 5.41) is 0. The summed E-state index contributed by atoms with van der Waals surface area (Å²) >= 11 is 0. The summed E-state index contributed by atoms with van der Waals surface area (Å²) in [5.41, 5.74) is 1.03. The molecule has 0 N–H and O–H groups in total. The molecule has 0 bridgehead atoms. The van der Waals surface area contributed by atoms with E-state index >= 15 is 0 Å². The molecule has 1 aromatic rings. The van der Waals surface area contributed by atoms with Gasteiger partial charge in [-0.05, 0) is 79.9 Å². The molecule has 0 aromatic heterocycles. The van der Waals surface area contributed by atoms with Gasteiger partial charge in [0, 0.05) is 12.2 Å². The minimum absolute atomic E-state index is 0.0776. The van der Waals surface area contributed by atoms with E-state index in [4.69, 9.17) is 4.74 Å². The van der Waals surface area contributed by atoms with Gasteiger partial charge in [0.05, 0.1) is 0 Å². The minimum atomic E-state index is -0.433. The molecular weight excluding hydrogens is 393 g/mol. The van der Waals surface area contributed by atoms with Crippen LogP contribution in [0.4, 0.5) is 4.39 Å². The molecule has 0 unspecified atom stereocenters. The maximum absolute atomic E-state index is 14.6. The third-order valence-corrected chi connectivity index (χ3v) is 7.70. The van der Waals surface area contributed by atoms with Gasteiger partial charge in [-0.2, -0.15) is 0 Å². The lowest BCUT2D eigenvalue weighted by Gasteiger charge is -2.38. The van der Waals surface area contributed by atoms with E-state index in [0.29, 0.717) is 5.92 Å². The Kier molecular flexibility index (Phi) is 7.09. The normalized spacial score (nSPS) is 28.9. The second-order valence-electron chi connectivity index (χ2n) is 9.58. The van der Waals surface area contributed by atoms with Gasteiger partial charge >= 0.3 is 0 Å². The summed E-state index contributed by atoms with van der Waals surface area (Å²) < 4.78 is 20.0. The van der Waals surface area contributed by atoms with Gasteiger partial charge < -0.3 is 4.74 Å². The van der Waals surface area contributed by atoms with Crippen molar-refractivity contribution in [2.75, 3.05) is 6.73 Å². The van der Waals surface area contributed by atoms with Gasteiger partial charge in [-0.3, -0.25) is 9.59 Å². The highest BCUT2D eigenvalue weighted by Gasteiger charge is 2.31. The predicted molar refractivity (Wildman–Crippen MR) is 118 cm³/mol. The van der Waals surface area contributed by atoms with E-state index in [1.807, 2.05) is 6.07 Å². The van der Waals surface area contributed by atoms with Crippen LogP contribution in [0.15, 0.2) is 30.4 Å². The lowest BCUT2D eigenvalue weighted by atomic mass is 9.68. The molecule has 0 saturated heterocycles. The van der Waals surface area contributed by atoms with Gasteiger partial charge in [-0.1, -0.05) is 38.7 Å². The number of ether oxygens (including phenoxy) is 1. The molecular formula is C26H34FNO3. The molecule has 0 atom stereocenters. The molecule has 1 aliphatic heterocycles. The molecule has 1 heterocycles. The molecule has 2 amide bonds. The fourth-order valence-corrected chi connectivity index (χ4v) is 5.86. The van der Waals surface area contributed by atoms with Gasteiger partial charge in [0.1, 0.15) is 0 Å². The van der Waals surface area contributed by atoms with Gasteiger partial charge in [-0.25, -0.2) is 9.29 Å². The van der Waals surface area contributed by atoms with E-state index in [0.717, 1.165) is 41.1 Å². The average molecular weight is 428 g/mol. The molecule has 4 nitrogen and oxygen atoms in total. The van der Waals surface area contributed by atoms with E-state index in [1.54, 1.807) is 12.1 Å². The van der Waals surface area contributed by atoms with Crippen LogP contribution in [0.3, 0.4) is 0 Å². The number of hydrogen-bond donors (Lipinski definition) is 0. The van der Waals surface area contributed by atoms with E-state index in [9.17, 15) is 14.0 Å². The predicted octanol–water partition coefficient (Wildman–Crippen LogP) is 5.97. The van der Waals surface area contributed by atoms with E-state index < -0.39 is 17.6 Å². The van der Waals surface area contributed by atoms with Crippen LogP contribution in [0.2, 0.25) is 0 Å². The highest BCUT2D eigenvalue weighted by molar-refractivity contribution is 6.12. The Bertz CT molecular complexity index is 802. The number of carbonyl (C=O) groups excluding carboxylic acids is 2. The maximum atomic E-state index is 14.6. The van der Waals surface area contributed by atoms with Crippen LogP contribution in [-0.2, 0) is 9.59 Å². The van der Waals surface area contributed by atoms with Crippen LogP contribution in [0.5, 0.6) is 5.75 Å². The van der Waals surface area contributed by atoms with Crippen LogP contribution in [0.25, 0.3) is 0 Å². The Morgan fingerprint density at radius 1 is 0.935 bits per heavy atom. The molecule has 4 rings (SSSR count). The summed E-state index contributed by atoms with van der Waals surface area (Å²) in [6, 6.07) is 5.14. The monoisotopic (exact) mass is 427 g/mol. The zero-order valence-corrected chi connectivity index (χ0v) is 18.5. The SMILES string of the molecule is CCCC1CCC(C2CCC(c3ccc(OCN4C(=O)C=CC4=O)c(F)c3)CC2)CC1. The fraction of sp³-hybridized carbons (Fsp3) is 0.615. The highest BCUT2D eigenvalue weighted by Crippen LogP contribution is 2.44. The van der Waals surface area contributed by atoms with Crippen molar-refractivity contribution in [3.05, 3.63) is 41.7 Å². The van der Waals surface area contributed by atoms with Crippen molar-refractivity contribution in [3.63, 3.8) is 0 Å². The van der Waals surface area contributed by atoms with Crippen LogP contribution in [0, 0.1) is 23.6 Å². The van der Waals surface area contributed by atoms with Crippen LogP contribution in [-0.4, -0.2) is 23.4 Å². The molecule has 2 saturated carbocycles. The van der Waals surface area contributed by atoms with Crippen molar-refractivity contribution in [1.29, 1.82) is 0 Å². The molecule has 0 spiro atoms. The highest BCUT2D eigenvalue weighted by atomic mass is 19.1. The van der Waals surface area contributed by atoms with Crippen molar-refractivity contribution < 1.29 is 18.7 Å². The molecule has 31 heavy (non-hydrogen) atoms. The van der Waals surface area contributed by atoms with Crippen LogP contribution < -0.4 is 4.74 Å². The lowest BCUT2D eigenvalue weighted by Crippen LogP contribution is -2.33. The third-order valence-electron chi connectivity index (χ3n) is 7.70. The Labute approximate surface area is 184 Å². The Morgan fingerprint density at radius 2 is 1.55 bits per heavy atom. The summed E-state index contributed by atoms with van der Waals surface area (Å²) in [7, 11) is 0. The van der Waals surface area contributed by atoms with Crippen molar-refractivity contribution in [3.8, 4) is 5.75 Å². The largest absolute Gasteiger partial charge is 0.469 e. The first kappa shape index (κ1) is 22.0. The first-order chi connectivity index (χ1) is 15.0. The second kappa shape index (κ2) is 9.97. The number of halogens is 1. The van der Waals surface area contributed by atoms with E-state index in [1.165, 1.54) is 63.5 Å².